The van der Waals surface area contributed by atoms with Crippen LogP contribution < -0.4 is 15.1 Å². The lowest BCUT2D eigenvalue weighted by atomic mass is 10.2. The van der Waals surface area contributed by atoms with Gasteiger partial charge < -0.3 is 15.1 Å². The zero-order chi connectivity index (χ0) is 18.6. The Morgan fingerprint density at radius 2 is 1.70 bits per heavy atom. The molecule has 27 heavy (non-hydrogen) atoms. The molecule has 7 heteroatoms. The highest BCUT2D eigenvalue weighted by Crippen LogP contribution is 2.22. The number of para-hydroxylation sites is 1. The largest absolute Gasteiger partial charge is 0.366 e. The smallest absolute Gasteiger partial charge is 0.271 e. The molecule has 0 radical (unpaired) electrons. The Morgan fingerprint density at radius 3 is 2.37 bits per heavy atom. The number of hydrogen-bond donors (Lipinski definition) is 1. The molecule has 0 atom stereocenters. The van der Waals surface area contributed by atoms with Crippen LogP contribution in [0.15, 0.2) is 36.7 Å². The van der Waals surface area contributed by atoms with Gasteiger partial charge in [-0.15, -0.1) is 0 Å². The number of anilines is 2. The number of hydrogen-bond acceptors (Lipinski definition) is 5. The van der Waals surface area contributed by atoms with Gasteiger partial charge >= 0.3 is 0 Å². The van der Waals surface area contributed by atoms with E-state index >= 15 is 0 Å². The number of aromatic nitrogens is 2. The zero-order valence-electron chi connectivity index (χ0n) is 15.3. The standard InChI is InChI=1S/C20H24FN5O/c21-16-7-3-4-8-18(16)25-9-11-26(12-10-25)19-14-22-17(13-23-19)20(27)24-15-5-1-2-6-15/h3-4,7-8,13-15H,1-2,5-6,9-12H2,(H,24,27). The average molecular weight is 369 g/mol. The first-order valence-electron chi connectivity index (χ1n) is 9.58. The summed E-state index contributed by atoms with van der Waals surface area (Å²) >= 11 is 0. The number of piperazine rings is 1. The summed E-state index contributed by atoms with van der Waals surface area (Å²) in [6, 6.07) is 7.12. The fraction of sp³-hybridized carbons (Fsp3) is 0.450. The Bertz CT molecular complexity index is 783. The Morgan fingerprint density at radius 1 is 1.00 bits per heavy atom. The minimum atomic E-state index is -0.191. The molecule has 1 N–H and O–H groups in total. The second-order valence-electron chi connectivity index (χ2n) is 7.14. The molecule has 0 unspecified atom stereocenters. The van der Waals surface area contributed by atoms with E-state index in [0.29, 0.717) is 24.5 Å². The van der Waals surface area contributed by atoms with Crippen LogP contribution in [0.4, 0.5) is 15.9 Å². The van der Waals surface area contributed by atoms with Crippen LogP contribution in [0.25, 0.3) is 0 Å². The van der Waals surface area contributed by atoms with E-state index < -0.39 is 0 Å². The fourth-order valence-electron chi connectivity index (χ4n) is 3.82. The van der Waals surface area contributed by atoms with Crippen LogP contribution in [0.2, 0.25) is 0 Å². The minimum absolute atomic E-state index is 0.148. The van der Waals surface area contributed by atoms with Crippen molar-refractivity contribution in [2.75, 3.05) is 36.0 Å². The highest BCUT2D eigenvalue weighted by atomic mass is 19.1. The number of benzene rings is 1. The molecule has 4 rings (SSSR count). The molecule has 2 heterocycles. The van der Waals surface area contributed by atoms with Crippen LogP contribution in [0.3, 0.4) is 0 Å². The lowest BCUT2D eigenvalue weighted by Gasteiger charge is -2.36. The molecule has 2 fully saturated rings. The number of nitrogens with one attached hydrogen (secondary N) is 1. The number of amides is 1. The van der Waals surface area contributed by atoms with E-state index in [4.69, 9.17) is 0 Å². The summed E-state index contributed by atoms with van der Waals surface area (Å²) in [4.78, 5) is 25.1. The van der Waals surface area contributed by atoms with Crippen molar-refractivity contribution < 1.29 is 9.18 Å². The monoisotopic (exact) mass is 369 g/mol. The number of nitrogens with zero attached hydrogens (tertiary/aromatic N) is 4. The third-order valence-electron chi connectivity index (χ3n) is 5.36. The van der Waals surface area contributed by atoms with Gasteiger partial charge in [0.25, 0.3) is 5.91 Å². The summed E-state index contributed by atoms with van der Waals surface area (Å²) in [6.45, 7) is 2.90. The van der Waals surface area contributed by atoms with Crippen molar-refractivity contribution in [2.24, 2.45) is 0 Å². The molecule has 1 saturated carbocycles. The van der Waals surface area contributed by atoms with Gasteiger partial charge in [-0.05, 0) is 25.0 Å². The van der Waals surface area contributed by atoms with Crippen molar-refractivity contribution >= 4 is 17.4 Å². The maximum Gasteiger partial charge on any atom is 0.271 e. The fourth-order valence-corrected chi connectivity index (χ4v) is 3.82. The van der Waals surface area contributed by atoms with Gasteiger partial charge in [-0.3, -0.25) is 4.79 Å². The summed E-state index contributed by atoms with van der Waals surface area (Å²) in [5, 5.41) is 3.03. The Balaban J connectivity index is 1.34. The molecular weight excluding hydrogens is 345 g/mol. The van der Waals surface area contributed by atoms with E-state index in [1.165, 1.54) is 18.9 Å². The van der Waals surface area contributed by atoms with Crippen molar-refractivity contribution in [1.29, 1.82) is 0 Å². The Hall–Kier alpha value is -2.70. The summed E-state index contributed by atoms with van der Waals surface area (Å²) in [5.74, 6) is 0.411. The van der Waals surface area contributed by atoms with E-state index in [1.54, 1.807) is 18.5 Å². The molecule has 1 aromatic carbocycles. The number of halogens is 1. The molecular formula is C20H24FN5O. The number of carbonyl (C=O) groups is 1. The highest BCUT2D eigenvalue weighted by molar-refractivity contribution is 5.92. The van der Waals surface area contributed by atoms with Gasteiger partial charge in [-0.1, -0.05) is 25.0 Å². The molecule has 1 aliphatic carbocycles. The van der Waals surface area contributed by atoms with Crippen molar-refractivity contribution in [3.8, 4) is 0 Å². The normalized spacial score (nSPS) is 18.0. The SMILES string of the molecule is O=C(NC1CCCC1)c1cnc(N2CCN(c3ccccc3F)CC2)cn1. The quantitative estimate of drug-likeness (QED) is 0.898. The molecule has 0 bridgehead atoms. The molecule has 142 valence electrons. The van der Waals surface area contributed by atoms with Gasteiger partial charge in [0.05, 0.1) is 18.1 Å². The molecule has 2 aromatic rings. The molecule has 1 aliphatic heterocycles. The summed E-state index contributed by atoms with van der Waals surface area (Å²) in [5.41, 5.74) is 0.998. The first kappa shape index (κ1) is 17.7. The van der Waals surface area contributed by atoms with Gasteiger partial charge in [0.1, 0.15) is 17.3 Å². The maximum atomic E-state index is 13.9. The molecule has 1 amide bonds. The topological polar surface area (TPSA) is 61.4 Å². The predicted molar refractivity (Wildman–Crippen MR) is 103 cm³/mol. The van der Waals surface area contributed by atoms with Gasteiger partial charge in [-0.25, -0.2) is 14.4 Å². The number of rotatable bonds is 4. The van der Waals surface area contributed by atoms with E-state index in [2.05, 4.69) is 20.2 Å². The van der Waals surface area contributed by atoms with Gasteiger partial charge in [0.2, 0.25) is 0 Å². The van der Waals surface area contributed by atoms with Crippen LogP contribution in [-0.4, -0.2) is 48.1 Å². The lowest BCUT2D eigenvalue weighted by molar-refractivity contribution is 0.0932. The second-order valence-corrected chi connectivity index (χ2v) is 7.14. The molecule has 1 saturated heterocycles. The van der Waals surface area contributed by atoms with E-state index in [-0.39, 0.29) is 17.8 Å². The zero-order valence-corrected chi connectivity index (χ0v) is 15.3. The third-order valence-corrected chi connectivity index (χ3v) is 5.36. The maximum absolute atomic E-state index is 13.9. The first-order valence-corrected chi connectivity index (χ1v) is 9.58. The second kappa shape index (κ2) is 7.90. The van der Waals surface area contributed by atoms with Crippen molar-refractivity contribution in [2.45, 2.75) is 31.7 Å². The summed E-state index contributed by atoms with van der Waals surface area (Å²) < 4.78 is 13.9. The van der Waals surface area contributed by atoms with E-state index in [9.17, 15) is 9.18 Å². The minimum Gasteiger partial charge on any atom is -0.366 e. The van der Waals surface area contributed by atoms with Crippen LogP contribution in [0, 0.1) is 5.82 Å². The molecule has 0 spiro atoms. The molecule has 1 aromatic heterocycles. The van der Waals surface area contributed by atoms with E-state index in [0.717, 1.165) is 31.7 Å². The third kappa shape index (κ3) is 4.02. The van der Waals surface area contributed by atoms with Gasteiger partial charge in [0.15, 0.2) is 0 Å². The van der Waals surface area contributed by atoms with Crippen LogP contribution in [-0.2, 0) is 0 Å². The molecule has 6 nitrogen and oxygen atoms in total. The van der Waals surface area contributed by atoms with Crippen LogP contribution in [0.1, 0.15) is 36.2 Å². The highest BCUT2D eigenvalue weighted by Gasteiger charge is 2.22. The van der Waals surface area contributed by atoms with Crippen LogP contribution in [0.5, 0.6) is 0 Å². The number of carbonyl (C=O) groups excluding carboxylic acids is 1. The van der Waals surface area contributed by atoms with Crippen molar-refractivity contribution in [3.63, 3.8) is 0 Å². The Kier molecular flexibility index (Phi) is 5.18. The summed E-state index contributed by atoms with van der Waals surface area (Å²) in [6.07, 6.45) is 7.64. The van der Waals surface area contributed by atoms with Gasteiger partial charge in [-0.2, -0.15) is 0 Å². The average Bonchev–Trinajstić information content (AvgIpc) is 3.22. The van der Waals surface area contributed by atoms with Crippen molar-refractivity contribution in [3.05, 3.63) is 48.2 Å². The van der Waals surface area contributed by atoms with Crippen LogP contribution >= 0.6 is 0 Å². The summed E-state index contributed by atoms with van der Waals surface area (Å²) in [7, 11) is 0. The predicted octanol–water partition coefficient (Wildman–Crippen LogP) is 2.61. The van der Waals surface area contributed by atoms with Crippen molar-refractivity contribution in [1.82, 2.24) is 15.3 Å². The Labute approximate surface area is 158 Å². The lowest BCUT2D eigenvalue weighted by Crippen LogP contribution is -2.47. The first-order chi connectivity index (χ1) is 13.2. The van der Waals surface area contributed by atoms with Gasteiger partial charge in [0, 0.05) is 32.2 Å². The molecule has 2 aliphatic rings. The van der Waals surface area contributed by atoms with E-state index in [1.807, 2.05) is 17.0 Å².